The quantitative estimate of drug-likeness (QED) is 0.819. The summed E-state index contributed by atoms with van der Waals surface area (Å²) in [6.45, 7) is 1.00. The van der Waals surface area contributed by atoms with Crippen molar-refractivity contribution in [2.24, 2.45) is 13.0 Å². The highest BCUT2D eigenvalue weighted by Crippen LogP contribution is 2.25. The zero-order valence-corrected chi connectivity index (χ0v) is 11.3. The van der Waals surface area contributed by atoms with E-state index in [-0.39, 0.29) is 0 Å². The average molecular weight is 256 g/mol. The molecule has 1 fully saturated rings. The summed E-state index contributed by atoms with van der Waals surface area (Å²) in [6.07, 6.45) is 10.1. The van der Waals surface area contributed by atoms with Gasteiger partial charge >= 0.3 is 0 Å². The summed E-state index contributed by atoms with van der Waals surface area (Å²) in [5, 5.41) is 3.65. The van der Waals surface area contributed by atoms with E-state index in [0.29, 0.717) is 12.0 Å². The van der Waals surface area contributed by atoms with Gasteiger partial charge in [-0.15, -0.1) is 11.6 Å². The Morgan fingerprint density at radius 2 is 2.29 bits per heavy atom. The number of hydrogen-bond acceptors (Lipinski definition) is 2. The van der Waals surface area contributed by atoms with Crippen molar-refractivity contribution in [3.05, 3.63) is 18.2 Å². The van der Waals surface area contributed by atoms with Crippen LogP contribution in [0.15, 0.2) is 12.4 Å². The smallest absolute Gasteiger partial charge is 0.109 e. The number of nitrogens with one attached hydrogen (secondary N) is 1. The van der Waals surface area contributed by atoms with Crippen molar-refractivity contribution in [1.29, 1.82) is 0 Å². The Morgan fingerprint density at radius 3 is 3.00 bits per heavy atom. The van der Waals surface area contributed by atoms with Crippen LogP contribution in [0.3, 0.4) is 0 Å². The summed E-state index contributed by atoms with van der Waals surface area (Å²) in [4.78, 5) is 4.33. The van der Waals surface area contributed by atoms with E-state index in [4.69, 9.17) is 11.6 Å². The topological polar surface area (TPSA) is 29.9 Å². The molecule has 0 amide bonds. The molecule has 1 aliphatic carbocycles. The van der Waals surface area contributed by atoms with Gasteiger partial charge in [-0.05, 0) is 18.8 Å². The van der Waals surface area contributed by atoms with Crippen LogP contribution in [0.1, 0.15) is 31.5 Å². The lowest BCUT2D eigenvalue weighted by atomic mass is 9.86. The minimum atomic E-state index is 0.613. The van der Waals surface area contributed by atoms with Gasteiger partial charge in [0.25, 0.3) is 0 Å². The van der Waals surface area contributed by atoms with Crippen molar-refractivity contribution in [3.63, 3.8) is 0 Å². The van der Waals surface area contributed by atoms with E-state index in [1.807, 2.05) is 19.4 Å². The fraction of sp³-hybridized carbons (Fsp3) is 0.769. The van der Waals surface area contributed by atoms with Crippen molar-refractivity contribution in [3.8, 4) is 0 Å². The van der Waals surface area contributed by atoms with Gasteiger partial charge in [-0.2, -0.15) is 0 Å². The Hall–Kier alpha value is -0.540. The maximum Gasteiger partial charge on any atom is 0.109 e. The molecule has 96 valence electrons. The Balaban J connectivity index is 1.75. The predicted octanol–water partition coefficient (Wildman–Crippen LogP) is 2.35. The fourth-order valence-corrected chi connectivity index (χ4v) is 3.04. The molecule has 1 aromatic heterocycles. The van der Waals surface area contributed by atoms with Crippen LogP contribution in [0, 0.1) is 5.92 Å². The summed E-state index contributed by atoms with van der Waals surface area (Å²) >= 11 is 6.02. The Morgan fingerprint density at radius 1 is 1.47 bits per heavy atom. The van der Waals surface area contributed by atoms with Crippen molar-refractivity contribution < 1.29 is 0 Å². The fourth-order valence-electron chi connectivity index (χ4n) is 2.67. The van der Waals surface area contributed by atoms with Gasteiger partial charge in [0.2, 0.25) is 0 Å². The molecule has 3 nitrogen and oxygen atoms in total. The molecule has 1 heterocycles. The van der Waals surface area contributed by atoms with Gasteiger partial charge in [-0.3, -0.25) is 0 Å². The Labute approximate surface area is 109 Å². The van der Waals surface area contributed by atoms with E-state index < -0.39 is 0 Å². The molecule has 0 bridgehead atoms. The Bertz CT molecular complexity index is 337. The van der Waals surface area contributed by atoms with Gasteiger partial charge in [-0.1, -0.05) is 12.8 Å². The highest BCUT2D eigenvalue weighted by molar-refractivity contribution is 6.18. The maximum absolute atomic E-state index is 6.02. The minimum Gasteiger partial charge on any atom is -0.338 e. The second-order valence-corrected chi connectivity index (χ2v) is 5.27. The molecule has 0 radical (unpaired) electrons. The molecule has 2 unspecified atom stereocenters. The third-order valence-electron chi connectivity index (χ3n) is 3.78. The first kappa shape index (κ1) is 12.9. The normalized spacial score (nSPS) is 25.1. The molecule has 0 aliphatic heterocycles. The number of aromatic nitrogens is 2. The van der Waals surface area contributed by atoms with E-state index >= 15 is 0 Å². The van der Waals surface area contributed by atoms with Gasteiger partial charge in [0.1, 0.15) is 5.82 Å². The first-order valence-corrected chi connectivity index (χ1v) is 7.10. The van der Waals surface area contributed by atoms with Crippen LogP contribution in [0.25, 0.3) is 0 Å². The number of imidazole rings is 1. The van der Waals surface area contributed by atoms with Crippen molar-refractivity contribution in [1.82, 2.24) is 14.9 Å². The Kier molecular flexibility index (Phi) is 4.86. The number of aryl methyl sites for hydroxylation is 1. The third kappa shape index (κ3) is 3.46. The van der Waals surface area contributed by atoms with E-state index in [1.54, 1.807) is 0 Å². The van der Waals surface area contributed by atoms with Gasteiger partial charge in [0, 0.05) is 44.3 Å². The summed E-state index contributed by atoms with van der Waals surface area (Å²) in [5.74, 6) is 2.60. The number of nitrogens with zero attached hydrogens (tertiary/aromatic N) is 2. The zero-order valence-electron chi connectivity index (χ0n) is 10.5. The minimum absolute atomic E-state index is 0.613. The molecule has 1 aromatic rings. The summed E-state index contributed by atoms with van der Waals surface area (Å²) in [6, 6.07) is 0.613. The van der Waals surface area contributed by atoms with Gasteiger partial charge in [0.05, 0.1) is 0 Å². The van der Waals surface area contributed by atoms with Crippen LogP contribution in [0.5, 0.6) is 0 Å². The number of alkyl halides is 1. The van der Waals surface area contributed by atoms with Crippen LogP contribution in [-0.4, -0.2) is 28.0 Å². The standard InChI is InChI=1S/C13H22ClN3/c1-17-9-8-16-13(17)6-7-15-12-5-3-2-4-11(12)10-14/h8-9,11-12,15H,2-7,10H2,1H3. The predicted molar refractivity (Wildman–Crippen MR) is 71.4 cm³/mol. The van der Waals surface area contributed by atoms with Gasteiger partial charge in [-0.25, -0.2) is 4.98 Å². The van der Waals surface area contributed by atoms with Crippen LogP contribution in [-0.2, 0) is 13.5 Å². The molecule has 0 saturated heterocycles. The molecule has 17 heavy (non-hydrogen) atoms. The van der Waals surface area contributed by atoms with Crippen LogP contribution >= 0.6 is 11.6 Å². The van der Waals surface area contributed by atoms with Crippen molar-refractivity contribution >= 4 is 11.6 Å². The lowest BCUT2D eigenvalue weighted by Gasteiger charge is -2.31. The lowest BCUT2D eigenvalue weighted by molar-refractivity contribution is 0.284. The first-order chi connectivity index (χ1) is 8.31. The van der Waals surface area contributed by atoms with Crippen LogP contribution in [0.4, 0.5) is 0 Å². The highest BCUT2D eigenvalue weighted by Gasteiger charge is 2.23. The van der Waals surface area contributed by atoms with Gasteiger partial charge in [0.15, 0.2) is 0 Å². The van der Waals surface area contributed by atoms with Crippen molar-refractivity contribution in [2.75, 3.05) is 12.4 Å². The van der Waals surface area contributed by atoms with E-state index in [9.17, 15) is 0 Å². The summed E-state index contributed by atoms with van der Waals surface area (Å²) in [5.41, 5.74) is 0. The molecule has 4 heteroatoms. The second kappa shape index (κ2) is 6.41. The van der Waals surface area contributed by atoms with E-state index in [1.165, 1.54) is 25.7 Å². The molecule has 2 rings (SSSR count). The maximum atomic E-state index is 6.02. The molecular weight excluding hydrogens is 234 g/mol. The lowest BCUT2D eigenvalue weighted by Crippen LogP contribution is -2.40. The molecule has 1 saturated carbocycles. The first-order valence-electron chi connectivity index (χ1n) is 6.57. The number of halogens is 1. The monoisotopic (exact) mass is 255 g/mol. The average Bonchev–Trinajstić information content (AvgIpc) is 2.76. The van der Waals surface area contributed by atoms with Gasteiger partial charge < -0.3 is 9.88 Å². The van der Waals surface area contributed by atoms with E-state index in [2.05, 4.69) is 14.9 Å². The molecule has 2 atom stereocenters. The molecule has 0 aromatic carbocycles. The van der Waals surface area contributed by atoms with Crippen LogP contribution in [0.2, 0.25) is 0 Å². The SMILES string of the molecule is Cn1ccnc1CCNC1CCCCC1CCl. The summed E-state index contributed by atoms with van der Waals surface area (Å²) in [7, 11) is 2.05. The number of rotatable bonds is 5. The molecular formula is C13H22ClN3. The zero-order chi connectivity index (χ0) is 12.1. The molecule has 1 N–H and O–H groups in total. The van der Waals surface area contributed by atoms with E-state index in [0.717, 1.165) is 24.7 Å². The van der Waals surface area contributed by atoms with Crippen molar-refractivity contribution in [2.45, 2.75) is 38.1 Å². The number of hydrogen-bond donors (Lipinski definition) is 1. The molecule has 0 spiro atoms. The summed E-state index contributed by atoms with van der Waals surface area (Å²) < 4.78 is 2.08. The highest BCUT2D eigenvalue weighted by atomic mass is 35.5. The molecule has 1 aliphatic rings. The van der Waals surface area contributed by atoms with Crippen LogP contribution < -0.4 is 5.32 Å². The second-order valence-electron chi connectivity index (χ2n) is 4.96. The third-order valence-corrected chi connectivity index (χ3v) is 4.18. The largest absolute Gasteiger partial charge is 0.338 e.